The Morgan fingerprint density at radius 2 is 2.24 bits per heavy atom. The number of rotatable bonds is 4. The minimum absolute atomic E-state index is 0.0869. The molecule has 4 heteroatoms. The molecule has 1 aromatic rings. The van der Waals surface area contributed by atoms with Crippen molar-refractivity contribution in [3.05, 3.63) is 29.8 Å². The number of ether oxygens (including phenoxy) is 1. The van der Waals surface area contributed by atoms with Gasteiger partial charge in [0.25, 0.3) is 0 Å². The average molecular weight is 234 g/mol. The van der Waals surface area contributed by atoms with E-state index in [1.54, 1.807) is 7.11 Å². The lowest BCUT2D eigenvalue weighted by Gasteiger charge is -2.11. The molecule has 0 spiro atoms. The molecular formula is C13H18N2O2. The molecule has 2 N–H and O–H groups in total. The highest BCUT2D eigenvalue weighted by Gasteiger charge is 2.16. The molecule has 0 aromatic heterocycles. The maximum atomic E-state index is 11.8. The summed E-state index contributed by atoms with van der Waals surface area (Å²) in [7, 11) is 1.63. The summed E-state index contributed by atoms with van der Waals surface area (Å²) in [6.07, 6.45) is 1.45. The van der Waals surface area contributed by atoms with Crippen LogP contribution < -0.4 is 15.4 Å². The Labute approximate surface area is 101 Å². The Kier molecular flexibility index (Phi) is 3.98. The highest BCUT2D eigenvalue weighted by Crippen LogP contribution is 2.11. The topological polar surface area (TPSA) is 50.4 Å². The first-order valence-electron chi connectivity index (χ1n) is 5.91. The van der Waals surface area contributed by atoms with Gasteiger partial charge in [-0.25, -0.2) is 0 Å². The third-order valence-corrected chi connectivity index (χ3v) is 2.95. The minimum atomic E-state index is 0.0869. The molecule has 4 nitrogen and oxygen atoms in total. The summed E-state index contributed by atoms with van der Waals surface area (Å²) in [5.41, 5.74) is 1.01. The van der Waals surface area contributed by atoms with Crippen LogP contribution in [0, 0.1) is 0 Å². The summed E-state index contributed by atoms with van der Waals surface area (Å²) < 4.78 is 5.07. The van der Waals surface area contributed by atoms with E-state index in [0.717, 1.165) is 30.8 Å². The lowest BCUT2D eigenvalue weighted by atomic mass is 10.1. The second kappa shape index (κ2) is 5.68. The Hall–Kier alpha value is -1.55. The molecular weight excluding hydrogens is 216 g/mol. The molecule has 0 aliphatic carbocycles. The zero-order valence-corrected chi connectivity index (χ0v) is 10.0. The molecule has 1 heterocycles. The van der Waals surface area contributed by atoms with E-state index in [-0.39, 0.29) is 5.91 Å². The molecule has 1 aliphatic rings. The van der Waals surface area contributed by atoms with E-state index < -0.39 is 0 Å². The molecule has 1 aliphatic heterocycles. The zero-order valence-electron chi connectivity index (χ0n) is 10.0. The predicted octanol–water partition coefficient (Wildman–Crippen LogP) is 0.716. The molecule has 0 radical (unpaired) electrons. The number of methoxy groups -OCH3 is 1. The van der Waals surface area contributed by atoms with E-state index in [2.05, 4.69) is 10.6 Å². The first-order chi connectivity index (χ1) is 8.28. The maximum Gasteiger partial charge on any atom is 0.224 e. The third-order valence-electron chi connectivity index (χ3n) is 2.95. The second-order valence-corrected chi connectivity index (χ2v) is 4.28. The highest BCUT2D eigenvalue weighted by atomic mass is 16.5. The van der Waals surface area contributed by atoms with Crippen molar-refractivity contribution in [3.63, 3.8) is 0 Å². The van der Waals surface area contributed by atoms with Gasteiger partial charge in [0.15, 0.2) is 0 Å². The lowest BCUT2D eigenvalue weighted by molar-refractivity contribution is -0.121. The van der Waals surface area contributed by atoms with Gasteiger partial charge in [-0.2, -0.15) is 0 Å². The van der Waals surface area contributed by atoms with Crippen molar-refractivity contribution in [2.75, 3.05) is 20.2 Å². The van der Waals surface area contributed by atoms with Crippen molar-refractivity contribution in [2.45, 2.75) is 18.9 Å². The molecule has 1 atom stereocenters. The van der Waals surface area contributed by atoms with Gasteiger partial charge in [0.1, 0.15) is 5.75 Å². The van der Waals surface area contributed by atoms with E-state index in [9.17, 15) is 4.79 Å². The van der Waals surface area contributed by atoms with E-state index in [1.807, 2.05) is 24.3 Å². The van der Waals surface area contributed by atoms with Gasteiger partial charge in [-0.3, -0.25) is 4.79 Å². The number of hydrogen-bond acceptors (Lipinski definition) is 3. The number of carbonyl (C=O) groups excluding carboxylic acids is 1. The molecule has 2 rings (SSSR count). The van der Waals surface area contributed by atoms with Crippen molar-refractivity contribution in [3.8, 4) is 5.75 Å². The van der Waals surface area contributed by atoms with Crippen LogP contribution in [0.2, 0.25) is 0 Å². The van der Waals surface area contributed by atoms with Crippen molar-refractivity contribution in [1.29, 1.82) is 0 Å². The number of amides is 1. The van der Waals surface area contributed by atoms with Gasteiger partial charge < -0.3 is 15.4 Å². The number of carbonyl (C=O) groups is 1. The first kappa shape index (κ1) is 11.9. The fourth-order valence-corrected chi connectivity index (χ4v) is 1.99. The standard InChI is InChI=1S/C13H18N2O2/c1-17-12-4-2-10(3-5-12)8-13(16)15-11-6-7-14-9-11/h2-5,11,14H,6-9H2,1H3,(H,15,16)/t11-/m1/s1. The Balaban J connectivity index is 1.84. The quantitative estimate of drug-likeness (QED) is 0.807. The highest BCUT2D eigenvalue weighted by molar-refractivity contribution is 5.78. The van der Waals surface area contributed by atoms with Crippen molar-refractivity contribution >= 4 is 5.91 Å². The number of nitrogens with one attached hydrogen (secondary N) is 2. The van der Waals surface area contributed by atoms with Gasteiger partial charge in [0, 0.05) is 12.6 Å². The van der Waals surface area contributed by atoms with E-state index in [1.165, 1.54) is 0 Å². The van der Waals surface area contributed by atoms with Gasteiger partial charge in [-0.1, -0.05) is 12.1 Å². The van der Waals surface area contributed by atoms with Crippen LogP contribution in [0.15, 0.2) is 24.3 Å². The van der Waals surface area contributed by atoms with Crippen LogP contribution in [0.4, 0.5) is 0 Å². The molecule has 0 bridgehead atoms. The van der Waals surface area contributed by atoms with Crippen molar-refractivity contribution in [1.82, 2.24) is 10.6 Å². The van der Waals surface area contributed by atoms with Crippen LogP contribution in [0.5, 0.6) is 5.75 Å². The molecule has 1 amide bonds. The van der Waals surface area contributed by atoms with Gasteiger partial charge >= 0.3 is 0 Å². The SMILES string of the molecule is COc1ccc(CC(=O)N[C@@H]2CCNC2)cc1. The Bertz CT molecular complexity index is 370. The molecule has 1 saturated heterocycles. The van der Waals surface area contributed by atoms with Crippen LogP contribution in [0.1, 0.15) is 12.0 Å². The summed E-state index contributed by atoms with van der Waals surface area (Å²) in [5.74, 6) is 0.901. The Morgan fingerprint density at radius 3 is 2.82 bits per heavy atom. The summed E-state index contributed by atoms with van der Waals surface area (Å²) >= 11 is 0. The van der Waals surface area contributed by atoms with E-state index in [4.69, 9.17) is 4.74 Å². The lowest BCUT2D eigenvalue weighted by Crippen LogP contribution is -2.37. The van der Waals surface area contributed by atoms with E-state index >= 15 is 0 Å². The van der Waals surface area contributed by atoms with Crippen LogP contribution in [0.25, 0.3) is 0 Å². The minimum Gasteiger partial charge on any atom is -0.497 e. The fourth-order valence-electron chi connectivity index (χ4n) is 1.99. The average Bonchev–Trinajstić information content (AvgIpc) is 2.82. The number of hydrogen-bond donors (Lipinski definition) is 2. The molecule has 1 fully saturated rings. The normalized spacial score (nSPS) is 19.0. The fraction of sp³-hybridized carbons (Fsp3) is 0.462. The monoisotopic (exact) mass is 234 g/mol. The summed E-state index contributed by atoms with van der Waals surface area (Å²) in [4.78, 5) is 11.8. The molecule has 17 heavy (non-hydrogen) atoms. The predicted molar refractivity (Wildman–Crippen MR) is 66.1 cm³/mol. The van der Waals surface area contributed by atoms with Crippen LogP contribution in [-0.4, -0.2) is 32.1 Å². The number of benzene rings is 1. The summed E-state index contributed by atoms with van der Waals surface area (Å²) in [6.45, 7) is 1.88. The summed E-state index contributed by atoms with van der Waals surface area (Å²) in [6, 6.07) is 7.89. The van der Waals surface area contributed by atoms with Crippen LogP contribution >= 0.6 is 0 Å². The van der Waals surface area contributed by atoms with Crippen LogP contribution in [-0.2, 0) is 11.2 Å². The Morgan fingerprint density at radius 1 is 1.47 bits per heavy atom. The molecule has 1 aromatic carbocycles. The van der Waals surface area contributed by atoms with Crippen molar-refractivity contribution < 1.29 is 9.53 Å². The zero-order chi connectivity index (χ0) is 12.1. The first-order valence-corrected chi connectivity index (χ1v) is 5.91. The molecule has 0 unspecified atom stereocenters. The second-order valence-electron chi connectivity index (χ2n) is 4.28. The van der Waals surface area contributed by atoms with E-state index in [0.29, 0.717) is 12.5 Å². The smallest absolute Gasteiger partial charge is 0.224 e. The third kappa shape index (κ3) is 3.46. The van der Waals surface area contributed by atoms with Crippen molar-refractivity contribution in [2.24, 2.45) is 0 Å². The maximum absolute atomic E-state index is 11.8. The van der Waals surface area contributed by atoms with Gasteiger partial charge in [0.05, 0.1) is 13.5 Å². The molecule has 0 saturated carbocycles. The summed E-state index contributed by atoms with van der Waals surface area (Å²) in [5, 5.41) is 6.25. The van der Waals surface area contributed by atoms with Gasteiger partial charge in [-0.05, 0) is 30.7 Å². The largest absolute Gasteiger partial charge is 0.497 e. The van der Waals surface area contributed by atoms with Gasteiger partial charge in [0.2, 0.25) is 5.91 Å². The van der Waals surface area contributed by atoms with Crippen LogP contribution in [0.3, 0.4) is 0 Å². The van der Waals surface area contributed by atoms with Gasteiger partial charge in [-0.15, -0.1) is 0 Å². The molecule has 92 valence electrons.